The fourth-order valence-electron chi connectivity index (χ4n) is 2.59. The number of hydrogen-bond donors (Lipinski definition) is 1. The second-order valence-corrected chi connectivity index (χ2v) is 8.26. The van der Waals surface area contributed by atoms with Crippen molar-refractivity contribution in [3.63, 3.8) is 0 Å². The number of aliphatic hydroxyl groups excluding tert-OH is 1. The molecule has 0 bridgehead atoms. The van der Waals surface area contributed by atoms with Gasteiger partial charge in [-0.2, -0.15) is 0 Å². The van der Waals surface area contributed by atoms with Crippen LogP contribution >= 0.6 is 23.1 Å². The van der Waals surface area contributed by atoms with Gasteiger partial charge in [0.1, 0.15) is 0 Å². The van der Waals surface area contributed by atoms with E-state index in [2.05, 4.69) is 4.98 Å². The van der Waals surface area contributed by atoms with Crippen LogP contribution in [0.25, 0.3) is 10.9 Å². The van der Waals surface area contributed by atoms with Crippen LogP contribution in [0.5, 0.6) is 0 Å². The molecule has 7 heteroatoms. The van der Waals surface area contributed by atoms with Gasteiger partial charge in [-0.05, 0) is 37.4 Å². The molecule has 0 amide bonds. The monoisotopic (exact) mass is 390 g/mol. The van der Waals surface area contributed by atoms with Crippen LogP contribution in [-0.2, 0) is 11.3 Å². The number of hydrogen-bond acceptors (Lipinski definition) is 6. The van der Waals surface area contributed by atoms with Gasteiger partial charge in [-0.3, -0.25) is 9.36 Å². The average Bonchev–Trinajstić information content (AvgIpc) is 3.13. The summed E-state index contributed by atoms with van der Waals surface area (Å²) in [6.07, 6.45) is -0.621. The van der Waals surface area contributed by atoms with Crippen molar-refractivity contribution in [1.82, 2.24) is 9.55 Å². The molecule has 1 N–H and O–H groups in total. The van der Waals surface area contributed by atoms with Crippen molar-refractivity contribution in [2.24, 2.45) is 0 Å². The second-order valence-electron chi connectivity index (χ2n) is 6.24. The Bertz CT molecular complexity index is 907. The molecule has 0 spiro atoms. The van der Waals surface area contributed by atoms with Crippen LogP contribution in [0.15, 0.2) is 51.7 Å². The third-order valence-electron chi connectivity index (χ3n) is 3.83. The third-order valence-corrected chi connectivity index (χ3v) is 5.78. The summed E-state index contributed by atoms with van der Waals surface area (Å²) in [4.78, 5) is 18.5. The molecule has 138 valence electrons. The Morgan fingerprint density at radius 3 is 2.81 bits per heavy atom. The number of para-hydroxylation sites is 1. The van der Waals surface area contributed by atoms with Crippen LogP contribution in [0.4, 0.5) is 0 Å². The first-order valence-electron chi connectivity index (χ1n) is 8.48. The van der Waals surface area contributed by atoms with Gasteiger partial charge in [0.25, 0.3) is 5.56 Å². The van der Waals surface area contributed by atoms with E-state index in [1.165, 1.54) is 11.8 Å². The van der Waals surface area contributed by atoms with Crippen LogP contribution in [0, 0.1) is 0 Å². The first-order chi connectivity index (χ1) is 12.6. The van der Waals surface area contributed by atoms with E-state index in [0.29, 0.717) is 28.4 Å². The summed E-state index contributed by atoms with van der Waals surface area (Å²) in [7, 11) is 0. The Labute approximate surface area is 160 Å². The van der Waals surface area contributed by atoms with Gasteiger partial charge in [0, 0.05) is 16.7 Å². The third kappa shape index (κ3) is 4.54. The van der Waals surface area contributed by atoms with E-state index < -0.39 is 6.10 Å². The summed E-state index contributed by atoms with van der Waals surface area (Å²) in [6, 6.07) is 11.3. The molecule has 3 aromatic rings. The quantitative estimate of drug-likeness (QED) is 0.469. The number of aliphatic hydroxyl groups is 1. The molecule has 26 heavy (non-hydrogen) atoms. The van der Waals surface area contributed by atoms with Gasteiger partial charge in [-0.25, -0.2) is 4.98 Å². The molecule has 0 fully saturated rings. The van der Waals surface area contributed by atoms with Gasteiger partial charge < -0.3 is 9.84 Å². The lowest BCUT2D eigenvalue weighted by Gasteiger charge is -2.17. The van der Waals surface area contributed by atoms with E-state index in [1.54, 1.807) is 22.0 Å². The first kappa shape index (κ1) is 19.1. The molecule has 0 aliphatic rings. The van der Waals surface area contributed by atoms with Crippen molar-refractivity contribution in [2.45, 2.75) is 37.8 Å². The lowest BCUT2D eigenvalue weighted by Crippen LogP contribution is -2.26. The summed E-state index contributed by atoms with van der Waals surface area (Å²) in [6.45, 7) is 4.68. The van der Waals surface area contributed by atoms with E-state index in [1.807, 2.05) is 49.6 Å². The molecule has 2 heterocycles. The van der Waals surface area contributed by atoms with Crippen LogP contribution in [0.1, 0.15) is 24.8 Å². The Hall–Kier alpha value is -1.67. The Balaban J connectivity index is 1.67. The lowest BCUT2D eigenvalue weighted by atomic mass is 10.2. The molecule has 2 aromatic heterocycles. The van der Waals surface area contributed by atoms with Gasteiger partial charge in [-0.15, -0.1) is 11.3 Å². The molecule has 1 atom stereocenters. The molecular weight excluding hydrogens is 368 g/mol. The highest BCUT2D eigenvalue weighted by molar-refractivity contribution is 7.99. The smallest absolute Gasteiger partial charge is 0.262 e. The number of benzene rings is 1. The molecule has 5 nitrogen and oxygen atoms in total. The van der Waals surface area contributed by atoms with Crippen molar-refractivity contribution >= 4 is 34.0 Å². The Morgan fingerprint density at radius 1 is 1.27 bits per heavy atom. The zero-order valence-electron chi connectivity index (χ0n) is 14.8. The summed E-state index contributed by atoms with van der Waals surface area (Å²) in [5.74, 6) is 0.419. The summed E-state index contributed by atoms with van der Waals surface area (Å²) >= 11 is 3.02. The van der Waals surface area contributed by atoms with Crippen molar-refractivity contribution in [2.75, 3.05) is 12.4 Å². The molecule has 0 saturated carbocycles. The zero-order chi connectivity index (χ0) is 18.5. The van der Waals surface area contributed by atoms with E-state index >= 15 is 0 Å². The lowest BCUT2D eigenvalue weighted by molar-refractivity contribution is 0.0408. The molecule has 3 rings (SSSR count). The number of ether oxygens (including phenoxy) is 1. The number of nitrogens with zero attached hydrogens (tertiary/aromatic N) is 2. The minimum atomic E-state index is -0.621. The maximum Gasteiger partial charge on any atom is 0.262 e. The topological polar surface area (TPSA) is 64.3 Å². The van der Waals surface area contributed by atoms with Gasteiger partial charge in [-0.1, -0.05) is 30.0 Å². The molecular formula is C19H22N2O3S2. The van der Waals surface area contributed by atoms with Gasteiger partial charge in [0.2, 0.25) is 0 Å². The van der Waals surface area contributed by atoms with Gasteiger partial charge in [0.05, 0.1) is 30.2 Å². The van der Waals surface area contributed by atoms with Crippen LogP contribution in [-0.4, -0.2) is 33.1 Å². The molecule has 0 aliphatic carbocycles. The average molecular weight is 391 g/mol. The van der Waals surface area contributed by atoms with Crippen molar-refractivity contribution in [3.8, 4) is 0 Å². The molecule has 1 aromatic carbocycles. The Kier molecular flexibility index (Phi) is 6.48. The van der Waals surface area contributed by atoms with Crippen molar-refractivity contribution < 1.29 is 9.84 Å². The molecule has 0 unspecified atom stereocenters. The minimum absolute atomic E-state index is 0.00525. The van der Waals surface area contributed by atoms with Crippen LogP contribution in [0.3, 0.4) is 0 Å². The predicted molar refractivity (Wildman–Crippen MR) is 107 cm³/mol. The van der Waals surface area contributed by atoms with E-state index in [-0.39, 0.29) is 18.2 Å². The zero-order valence-corrected chi connectivity index (χ0v) is 16.4. The largest absolute Gasteiger partial charge is 0.390 e. The summed E-state index contributed by atoms with van der Waals surface area (Å²) in [5.41, 5.74) is 0.636. The highest BCUT2D eigenvalue weighted by atomic mass is 32.2. The second kappa shape index (κ2) is 8.81. The maximum atomic E-state index is 12.8. The fraction of sp³-hybridized carbons (Fsp3) is 0.368. The van der Waals surface area contributed by atoms with E-state index in [0.717, 1.165) is 4.88 Å². The van der Waals surface area contributed by atoms with Crippen molar-refractivity contribution in [3.05, 3.63) is 57.0 Å². The number of thiophene rings is 1. The standard InChI is InChI=1S/C19H22N2O3S2/c1-13(2)21-18(23)16-7-3-4-8-17(16)20-19(21)26-12-14(22)10-24-11-15-6-5-9-25-15/h3-9,13-14,22H,10-12H2,1-2H3/t14-/m0/s1. The summed E-state index contributed by atoms with van der Waals surface area (Å²) < 4.78 is 7.24. The number of thioether (sulfide) groups is 1. The van der Waals surface area contributed by atoms with Crippen molar-refractivity contribution in [1.29, 1.82) is 0 Å². The number of fused-ring (bicyclic) bond motifs is 1. The van der Waals surface area contributed by atoms with E-state index in [9.17, 15) is 9.90 Å². The highest BCUT2D eigenvalue weighted by Crippen LogP contribution is 2.21. The van der Waals surface area contributed by atoms with Gasteiger partial charge >= 0.3 is 0 Å². The molecule has 0 saturated heterocycles. The SMILES string of the molecule is CC(C)n1c(SC[C@@H](O)COCc2cccs2)nc2ccccc2c1=O. The van der Waals surface area contributed by atoms with E-state index in [4.69, 9.17) is 4.74 Å². The minimum Gasteiger partial charge on any atom is -0.390 e. The van der Waals surface area contributed by atoms with Gasteiger partial charge in [0.15, 0.2) is 5.16 Å². The number of rotatable bonds is 8. The predicted octanol–water partition coefficient (Wildman–Crippen LogP) is 3.71. The van der Waals surface area contributed by atoms with Crippen LogP contribution < -0.4 is 5.56 Å². The fourth-order valence-corrected chi connectivity index (χ4v) is 4.27. The highest BCUT2D eigenvalue weighted by Gasteiger charge is 2.15. The normalized spacial score (nSPS) is 12.8. The number of aromatic nitrogens is 2. The summed E-state index contributed by atoms with van der Waals surface area (Å²) in [5, 5.41) is 13.4. The van der Waals surface area contributed by atoms with Crippen LogP contribution in [0.2, 0.25) is 0 Å². The molecule has 0 radical (unpaired) electrons. The first-order valence-corrected chi connectivity index (χ1v) is 10.3. The molecule has 0 aliphatic heterocycles. The maximum absolute atomic E-state index is 12.8. The Morgan fingerprint density at radius 2 is 2.08 bits per heavy atom.